The largest absolute Gasteiger partial charge is 0.416 e. The molecule has 1 fully saturated rings. The summed E-state index contributed by atoms with van der Waals surface area (Å²) >= 11 is 0. The monoisotopic (exact) mass is 259 g/mol. The maximum atomic E-state index is 12.4. The van der Waals surface area contributed by atoms with Gasteiger partial charge in [0, 0.05) is 12.6 Å². The highest BCUT2D eigenvalue weighted by molar-refractivity contribution is 5.27. The molecule has 18 heavy (non-hydrogen) atoms. The zero-order valence-electron chi connectivity index (χ0n) is 9.87. The van der Waals surface area contributed by atoms with Gasteiger partial charge in [0.25, 0.3) is 0 Å². The molecule has 1 aromatic carbocycles. The molecule has 0 saturated carbocycles. The number of hydrogen-bond acceptors (Lipinski definition) is 2. The molecule has 1 unspecified atom stereocenters. The molecule has 1 aliphatic heterocycles. The minimum atomic E-state index is -4.27. The number of alkyl halides is 3. The number of nitrogens with one attached hydrogen (secondary N) is 1. The second-order valence-corrected chi connectivity index (χ2v) is 4.68. The second-order valence-electron chi connectivity index (χ2n) is 4.68. The van der Waals surface area contributed by atoms with Crippen LogP contribution in [0, 0.1) is 0 Å². The van der Waals surface area contributed by atoms with Gasteiger partial charge in [-0.2, -0.15) is 13.2 Å². The van der Waals surface area contributed by atoms with Gasteiger partial charge in [0.2, 0.25) is 0 Å². The quantitative estimate of drug-likeness (QED) is 0.855. The Hall–Kier alpha value is -1.07. The van der Waals surface area contributed by atoms with Gasteiger partial charge in [-0.25, -0.2) is 0 Å². The molecule has 1 heterocycles. The van der Waals surface area contributed by atoms with Crippen LogP contribution in [-0.2, 0) is 6.18 Å². The van der Waals surface area contributed by atoms with Crippen molar-refractivity contribution in [3.8, 4) is 0 Å². The molecule has 2 nitrogen and oxygen atoms in total. The van der Waals surface area contributed by atoms with Crippen LogP contribution in [0.4, 0.5) is 13.2 Å². The molecule has 0 aromatic heterocycles. The number of aliphatic hydroxyl groups is 1. The fourth-order valence-corrected chi connectivity index (χ4v) is 2.30. The third-order valence-corrected chi connectivity index (χ3v) is 3.45. The van der Waals surface area contributed by atoms with Crippen molar-refractivity contribution in [3.63, 3.8) is 0 Å². The molecule has 0 spiro atoms. The topological polar surface area (TPSA) is 32.3 Å². The number of hydrogen-bond donors (Lipinski definition) is 2. The molecule has 1 saturated heterocycles. The van der Waals surface area contributed by atoms with Gasteiger partial charge in [-0.3, -0.25) is 0 Å². The van der Waals surface area contributed by atoms with E-state index in [1.54, 1.807) is 12.1 Å². The first-order chi connectivity index (χ1) is 8.50. The average molecular weight is 259 g/mol. The standard InChI is InChI=1S/C13H16F3NO/c14-13(15,16)11-4-1-9(2-5-11)10-3-6-12(8-18)17-7-10/h1-2,4-5,10,12,17-18H,3,6-8H2/t10?,12-/m0/s1. The summed E-state index contributed by atoms with van der Waals surface area (Å²) in [4.78, 5) is 0. The Labute approximate surface area is 104 Å². The van der Waals surface area contributed by atoms with E-state index >= 15 is 0 Å². The second kappa shape index (κ2) is 5.28. The lowest BCUT2D eigenvalue weighted by molar-refractivity contribution is -0.137. The van der Waals surface area contributed by atoms with E-state index in [-0.39, 0.29) is 18.6 Å². The predicted molar refractivity (Wildman–Crippen MR) is 62.3 cm³/mol. The summed E-state index contributed by atoms with van der Waals surface area (Å²) in [6.45, 7) is 0.816. The van der Waals surface area contributed by atoms with Crippen molar-refractivity contribution in [2.24, 2.45) is 0 Å². The average Bonchev–Trinajstić information content (AvgIpc) is 2.38. The van der Waals surface area contributed by atoms with Crippen molar-refractivity contribution in [2.45, 2.75) is 31.0 Å². The van der Waals surface area contributed by atoms with Crippen molar-refractivity contribution in [3.05, 3.63) is 35.4 Å². The predicted octanol–water partition coefficient (Wildman–Crippen LogP) is 2.53. The van der Waals surface area contributed by atoms with E-state index in [2.05, 4.69) is 5.32 Å². The van der Waals surface area contributed by atoms with E-state index in [4.69, 9.17) is 5.11 Å². The van der Waals surface area contributed by atoms with Crippen LogP contribution in [0.5, 0.6) is 0 Å². The van der Waals surface area contributed by atoms with Crippen molar-refractivity contribution >= 4 is 0 Å². The molecule has 0 amide bonds. The number of benzene rings is 1. The van der Waals surface area contributed by atoms with Crippen LogP contribution >= 0.6 is 0 Å². The smallest absolute Gasteiger partial charge is 0.395 e. The maximum Gasteiger partial charge on any atom is 0.416 e. The van der Waals surface area contributed by atoms with Gasteiger partial charge in [0.1, 0.15) is 0 Å². The molecule has 2 atom stereocenters. The first-order valence-corrected chi connectivity index (χ1v) is 6.02. The number of rotatable bonds is 2. The Morgan fingerprint density at radius 2 is 1.83 bits per heavy atom. The SMILES string of the molecule is OC[C@@H]1CCC(c2ccc(C(F)(F)F)cc2)CN1. The van der Waals surface area contributed by atoms with Crippen molar-refractivity contribution in [2.75, 3.05) is 13.2 Å². The lowest BCUT2D eigenvalue weighted by Crippen LogP contribution is -2.40. The van der Waals surface area contributed by atoms with Crippen molar-refractivity contribution in [1.82, 2.24) is 5.32 Å². The fraction of sp³-hybridized carbons (Fsp3) is 0.538. The van der Waals surface area contributed by atoms with Gasteiger partial charge in [0.05, 0.1) is 12.2 Å². The highest BCUT2D eigenvalue weighted by Gasteiger charge is 2.30. The molecular formula is C13H16F3NO. The normalized spacial score (nSPS) is 25.1. The van der Waals surface area contributed by atoms with E-state index in [0.29, 0.717) is 6.54 Å². The highest BCUT2D eigenvalue weighted by Crippen LogP contribution is 2.31. The molecule has 1 aliphatic rings. The van der Waals surface area contributed by atoms with Crippen LogP contribution in [0.25, 0.3) is 0 Å². The van der Waals surface area contributed by atoms with Crippen LogP contribution in [0.15, 0.2) is 24.3 Å². The van der Waals surface area contributed by atoms with E-state index in [0.717, 1.165) is 30.5 Å². The third-order valence-electron chi connectivity index (χ3n) is 3.45. The summed E-state index contributed by atoms with van der Waals surface area (Å²) in [5, 5.41) is 12.2. The van der Waals surface area contributed by atoms with Crippen molar-refractivity contribution < 1.29 is 18.3 Å². The van der Waals surface area contributed by atoms with E-state index < -0.39 is 11.7 Å². The lowest BCUT2D eigenvalue weighted by atomic mass is 9.88. The Morgan fingerprint density at radius 1 is 1.17 bits per heavy atom. The lowest BCUT2D eigenvalue weighted by Gasteiger charge is -2.29. The summed E-state index contributed by atoms with van der Waals surface area (Å²) in [5.41, 5.74) is 0.315. The van der Waals surface area contributed by atoms with E-state index in [1.807, 2.05) is 0 Å². The summed E-state index contributed by atoms with van der Waals surface area (Å²) in [7, 11) is 0. The Balaban J connectivity index is 2.02. The van der Waals surface area contributed by atoms with Crippen LogP contribution in [0.3, 0.4) is 0 Å². The fourth-order valence-electron chi connectivity index (χ4n) is 2.30. The molecule has 0 bridgehead atoms. The molecule has 2 N–H and O–H groups in total. The van der Waals surface area contributed by atoms with E-state index in [9.17, 15) is 13.2 Å². The maximum absolute atomic E-state index is 12.4. The van der Waals surface area contributed by atoms with E-state index in [1.165, 1.54) is 0 Å². The Kier molecular flexibility index (Phi) is 3.92. The third kappa shape index (κ3) is 3.03. The number of aliphatic hydroxyl groups excluding tert-OH is 1. The van der Waals surface area contributed by atoms with Crippen LogP contribution in [-0.4, -0.2) is 24.3 Å². The van der Waals surface area contributed by atoms with Crippen molar-refractivity contribution in [1.29, 1.82) is 0 Å². The highest BCUT2D eigenvalue weighted by atomic mass is 19.4. The Bertz CT molecular complexity index is 380. The van der Waals surface area contributed by atoms with Crippen LogP contribution < -0.4 is 5.32 Å². The first-order valence-electron chi connectivity index (χ1n) is 6.02. The minimum Gasteiger partial charge on any atom is -0.395 e. The molecule has 1 aromatic rings. The summed E-state index contributed by atoms with van der Waals surface area (Å²) in [5.74, 6) is 0.232. The first kappa shape index (κ1) is 13.4. The summed E-state index contributed by atoms with van der Waals surface area (Å²) in [6.07, 6.45) is -2.53. The van der Waals surface area contributed by atoms with Gasteiger partial charge in [-0.1, -0.05) is 12.1 Å². The van der Waals surface area contributed by atoms with Crippen LogP contribution in [0.1, 0.15) is 29.9 Å². The molecule has 5 heteroatoms. The zero-order valence-corrected chi connectivity index (χ0v) is 9.87. The minimum absolute atomic E-state index is 0.111. The van der Waals surface area contributed by atoms with Gasteiger partial charge < -0.3 is 10.4 Å². The summed E-state index contributed by atoms with van der Waals surface area (Å²) in [6, 6.07) is 5.49. The van der Waals surface area contributed by atoms with Gasteiger partial charge >= 0.3 is 6.18 Å². The Morgan fingerprint density at radius 3 is 2.28 bits per heavy atom. The van der Waals surface area contributed by atoms with Gasteiger partial charge in [-0.05, 0) is 36.5 Å². The molecule has 0 radical (unpaired) electrons. The zero-order chi connectivity index (χ0) is 13.2. The van der Waals surface area contributed by atoms with Gasteiger partial charge in [0.15, 0.2) is 0 Å². The van der Waals surface area contributed by atoms with Gasteiger partial charge in [-0.15, -0.1) is 0 Å². The molecule has 100 valence electrons. The number of halogens is 3. The molecular weight excluding hydrogens is 243 g/mol. The molecule has 2 rings (SSSR count). The van der Waals surface area contributed by atoms with Crippen LogP contribution in [0.2, 0.25) is 0 Å². The summed E-state index contributed by atoms with van der Waals surface area (Å²) < 4.78 is 37.3. The number of piperidine rings is 1. The molecule has 0 aliphatic carbocycles.